The van der Waals surface area contributed by atoms with Gasteiger partial charge in [-0.1, -0.05) is 59.3 Å². The van der Waals surface area contributed by atoms with E-state index in [1.165, 1.54) is 70.9 Å². The zero-order valence-corrected chi connectivity index (χ0v) is 12.9. The fourth-order valence-electron chi connectivity index (χ4n) is 2.79. The molecule has 0 aromatic carbocycles. The molecule has 0 aromatic rings. The molecule has 0 atom stereocenters. The molecule has 0 heterocycles. The van der Waals surface area contributed by atoms with Gasteiger partial charge in [-0.15, -0.1) is 0 Å². The molecular formula is C16H36N+. The summed E-state index contributed by atoms with van der Waals surface area (Å²) in [5.74, 6) is 0. The van der Waals surface area contributed by atoms with Gasteiger partial charge in [-0.3, -0.25) is 0 Å². The highest BCUT2D eigenvalue weighted by Crippen LogP contribution is 2.35. The zero-order chi connectivity index (χ0) is 13.0. The summed E-state index contributed by atoms with van der Waals surface area (Å²) in [6.07, 6.45) is 12.7. The van der Waals surface area contributed by atoms with Crippen LogP contribution in [-0.4, -0.2) is 13.1 Å². The molecule has 104 valence electrons. The van der Waals surface area contributed by atoms with Gasteiger partial charge in [-0.05, 0) is 26.2 Å². The summed E-state index contributed by atoms with van der Waals surface area (Å²) in [6, 6.07) is 0. The predicted molar refractivity (Wildman–Crippen MR) is 78.3 cm³/mol. The van der Waals surface area contributed by atoms with Crippen LogP contribution in [0.5, 0.6) is 0 Å². The standard InChI is InChI=1S/C16H35N/c1-5-9-12-16(13-10-6-2,14-11-7-3)15-17-8-4/h17H,5-15H2,1-4H3/p+1. The van der Waals surface area contributed by atoms with Crippen LogP contribution in [0.15, 0.2) is 0 Å². The summed E-state index contributed by atoms with van der Waals surface area (Å²) in [4.78, 5) is 0. The number of quaternary nitrogens is 1. The summed E-state index contributed by atoms with van der Waals surface area (Å²) >= 11 is 0. The van der Waals surface area contributed by atoms with Gasteiger partial charge in [0.1, 0.15) is 0 Å². The lowest BCUT2D eigenvalue weighted by molar-refractivity contribution is -0.664. The van der Waals surface area contributed by atoms with Crippen LogP contribution in [-0.2, 0) is 0 Å². The molecule has 0 rings (SSSR count). The van der Waals surface area contributed by atoms with E-state index in [4.69, 9.17) is 0 Å². The van der Waals surface area contributed by atoms with Crippen LogP contribution < -0.4 is 5.32 Å². The second-order valence-electron chi connectivity index (χ2n) is 5.71. The van der Waals surface area contributed by atoms with Gasteiger partial charge in [0.25, 0.3) is 0 Å². The van der Waals surface area contributed by atoms with E-state index >= 15 is 0 Å². The molecule has 0 radical (unpaired) electrons. The van der Waals surface area contributed by atoms with Gasteiger partial charge in [-0.25, -0.2) is 0 Å². The van der Waals surface area contributed by atoms with Crippen LogP contribution in [0.2, 0.25) is 0 Å². The lowest BCUT2D eigenvalue weighted by Gasteiger charge is -2.32. The fraction of sp³-hybridized carbons (Fsp3) is 1.00. The van der Waals surface area contributed by atoms with Crippen LogP contribution in [0.25, 0.3) is 0 Å². The Morgan fingerprint density at radius 1 is 0.706 bits per heavy atom. The number of nitrogens with two attached hydrogens (primary N) is 1. The minimum Gasteiger partial charge on any atom is -0.346 e. The number of hydrogen-bond acceptors (Lipinski definition) is 0. The second-order valence-corrected chi connectivity index (χ2v) is 5.71. The zero-order valence-electron chi connectivity index (χ0n) is 12.9. The molecule has 0 saturated carbocycles. The number of unbranched alkanes of at least 4 members (excludes halogenated alkanes) is 3. The highest BCUT2D eigenvalue weighted by Gasteiger charge is 2.29. The smallest absolute Gasteiger partial charge is 0.0812 e. The maximum Gasteiger partial charge on any atom is 0.0812 e. The van der Waals surface area contributed by atoms with E-state index < -0.39 is 0 Å². The summed E-state index contributed by atoms with van der Waals surface area (Å²) in [6.45, 7) is 11.9. The average Bonchev–Trinajstić information content (AvgIpc) is 2.37. The fourth-order valence-corrected chi connectivity index (χ4v) is 2.79. The van der Waals surface area contributed by atoms with Gasteiger partial charge in [0.15, 0.2) is 0 Å². The lowest BCUT2D eigenvalue weighted by Crippen LogP contribution is -2.86. The Labute approximate surface area is 110 Å². The largest absolute Gasteiger partial charge is 0.346 e. The molecule has 0 amide bonds. The third-order valence-electron chi connectivity index (χ3n) is 4.05. The predicted octanol–water partition coefficient (Wildman–Crippen LogP) is 4.13. The SMILES string of the molecule is CCCCC(CCCC)(CCCC)C[NH2+]CC. The Morgan fingerprint density at radius 2 is 1.12 bits per heavy atom. The van der Waals surface area contributed by atoms with E-state index in [1.807, 2.05) is 0 Å². The summed E-state index contributed by atoms with van der Waals surface area (Å²) in [7, 11) is 0. The third-order valence-corrected chi connectivity index (χ3v) is 4.05. The van der Waals surface area contributed by atoms with E-state index in [-0.39, 0.29) is 0 Å². The number of hydrogen-bond donors (Lipinski definition) is 1. The molecule has 0 aliphatic rings. The summed E-state index contributed by atoms with van der Waals surface area (Å²) in [5, 5.41) is 2.53. The Morgan fingerprint density at radius 3 is 1.41 bits per heavy atom. The quantitative estimate of drug-likeness (QED) is 0.530. The van der Waals surface area contributed by atoms with Crippen LogP contribution >= 0.6 is 0 Å². The van der Waals surface area contributed by atoms with E-state index in [9.17, 15) is 0 Å². The van der Waals surface area contributed by atoms with Gasteiger partial charge in [0.05, 0.1) is 13.1 Å². The van der Waals surface area contributed by atoms with Crippen molar-refractivity contribution in [1.82, 2.24) is 0 Å². The minimum atomic E-state index is 0.651. The van der Waals surface area contributed by atoms with Gasteiger partial charge in [-0.2, -0.15) is 0 Å². The second kappa shape index (κ2) is 11.1. The molecule has 0 aliphatic carbocycles. The molecule has 17 heavy (non-hydrogen) atoms. The van der Waals surface area contributed by atoms with Crippen molar-refractivity contribution in [3.63, 3.8) is 0 Å². The van der Waals surface area contributed by atoms with Crippen molar-refractivity contribution >= 4 is 0 Å². The molecular weight excluding hydrogens is 206 g/mol. The summed E-state index contributed by atoms with van der Waals surface area (Å²) in [5.41, 5.74) is 0.651. The van der Waals surface area contributed by atoms with Gasteiger partial charge < -0.3 is 5.32 Å². The summed E-state index contributed by atoms with van der Waals surface area (Å²) < 4.78 is 0. The first-order chi connectivity index (χ1) is 8.24. The maximum atomic E-state index is 2.53. The molecule has 1 heteroatoms. The Kier molecular flexibility index (Phi) is 11.0. The first kappa shape index (κ1) is 17.0. The van der Waals surface area contributed by atoms with Gasteiger partial charge in [0, 0.05) is 5.41 Å². The van der Waals surface area contributed by atoms with Gasteiger partial charge in [0.2, 0.25) is 0 Å². The first-order valence-corrected chi connectivity index (χ1v) is 8.06. The molecule has 2 N–H and O–H groups in total. The van der Waals surface area contributed by atoms with Crippen LogP contribution in [0, 0.1) is 5.41 Å². The van der Waals surface area contributed by atoms with E-state index in [0.717, 1.165) is 0 Å². The van der Waals surface area contributed by atoms with Crippen LogP contribution in [0.3, 0.4) is 0 Å². The highest BCUT2D eigenvalue weighted by atomic mass is 14.9. The van der Waals surface area contributed by atoms with Crippen molar-refractivity contribution in [3.05, 3.63) is 0 Å². The number of rotatable bonds is 12. The molecule has 0 spiro atoms. The van der Waals surface area contributed by atoms with Crippen LogP contribution in [0.4, 0.5) is 0 Å². The Bertz CT molecular complexity index is 116. The molecule has 0 bridgehead atoms. The Balaban J connectivity index is 4.39. The third kappa shape index (κ3) is 7.81. The van der Waals surface area contributed by atoms with Crippen molar-refractivity contribution in [2.75, 3.05) is 13.1 Å². The Hall–Kier alpha value is -0.0400. The molecule has 0 unspecified atom stereocenters. The maximum absolute atomic E-state index is 2.53. The van der Waals surface area contributed by atoms with E-state index in [1.54, 1.807) is 0 Å². The molecule has 0 fully saturated rings. The lowest BCUT2D eigenvalue weighted by atomic mass is 9.74. The molecule has 0 saturated heterocycles. The van der Waals surface area contributed by atoms with Crippen molar-refractivity contribution in [2.24, 2.45) is 5.41 Å². The van der Waals surface area contributed by atoms with Crippen LogP contribution in [0.1, 0.15) is 85.5 Å². The molecule has 1 nitrogen and oxygen atoms in total. The van der Waals surface area contributed by atoms with Gasteiger partial charge >= 0.3 is 0 Å². The minimum absolute atomic E-state index is 0.651. The molecule has 0 aromatic heterocycles. The van der Waals surface area contributed by atoms with Crippen molar-refractivity contribution < 1.29 is 5.32 Å². The first-order valence-electron chi connectivity index (χ1n) is 8.06. The topological polar surface area (TPSA) is 16.6 Å². The van der Waals surface area contributed by atoms with Crippen molar-refractivity contribution in [3.8, 4) is 0 Å². The van der Waals surface area contributed by atoms with E-state index in [2.05, 4.69) is 33.0 Å². The average molecular weight is 242 g/mol. The molecule has 0 aliphatic heterocycles. The van der Waals surface area contributed by atoms with Crippen molar-refractivity contribution in [2.45, 2.75) is 85.5 Å². The monoisotopic (exact) mass is 242 g/mol. The van der Waals surface area contributed by atoms with Crippen molar-refractivity contribution in [1.29, 1.82) is 0 Å². The highest BCUT2D eigenvalue weighted by molar-refractivity contribution is 4.78. The normalized spacial score (nSPS) is 12.0. The van der Waals surface area contributed by atoms with E-state index in [0.29, 0.717) is 5.41 Å².